The van der Waals surface area contributed by atoms with E-state index in [1.54, 1.807) is 6.92 Å². The van der Waals surface area contributed by atoms with Gasteiger partial charge in [-0.1, -0.05) is 56.2 Å². The monoisotopic (exact) mass is 527 g/mol. The van der Waals surface area contributed by atoms with Crippen molar-refractivity contribution in [2.24, 2.45) is 5.92 Å². The van der Waals surface area contributed by atoms with Crippen LogP contribution in [-0.2, 0) is 9.53 Å². The van der Waals surface area contributed by atoms with Gasteiger partial charge in [-0.15, -0.1) is 0 Å². The maximum Gasteiger partial charge on any atom is 0.302 e. The molecule has 3 atom stereocenters. The van der Waals surface area contributed by atoms with Crippen LogP contribution in [-0.4, -0.2) is 24.2 Å². The summed E-state index contributed by atoms with van der Waals surface area (Å²) in [5.74, 6) is 1.39. The Labute approximate surface area is 213 Å². The molecule has 0 saturated heterocycles. The molecular formula is C25H32ClFNO4PS. The Morgan fingerprint density at radius 2 is 2.00 bits per heavy atom. The Morgan fingerprint density at radius 1 is 1.29 bits per heavy atom. The van der Waals surface area contributed by atoms with Gasteiger partial charge >= 0.3 is 5.97 Å². The molecule has 0 bridgehead atoms. The number of benzene rings is 2. The van der Waals surface area contributed by atoms with Gasteiger partial charge in [0.05, 0.1) is 12.1 Å². The predicted molar refractivity (Wildman–Crippen MR) is 142 cm³/mol. The molecule has 1 saturated carbocycles. The minimum atomic E-state index is -1.42. The van der Waals surface area contributed by atoms with E-state index in [2.05, 4.69) is 23.9 Å². The first kappa shape index (κ1) is 28.3. The molecule has 9 heteroatoms. The topological polar surface area (TPSA) is 56.8 Å². The van der Waals surface area contributed by atoms with Crippen molar-refractivity contribution in [2.75, 3.05) is 11.9 Å². The summed E-state index contributed by atoms with van der Waals surface area (Å²) in [6.45, 7) is 7.90. The highest BCUT2D eigenvalue weighted by Crippen LogP contribution is 2.54. The number of carbonyl (C=O) groups is 1. The maximum absolute atomic E-state index is 13.8. The van der Waals surface area contributed by atoms with Gasteiger partial charge in [0.25, 0.3) is 6.10 Å². The predicted octanol–water partition coefficient (Wildman–Crippen LogP) is 7.85. The number of hydrogen-bond acceptors (Lipinski definition) is 5. The molecule has 1 fully saturated rings. The number of alkyl halides is 1. The van der Waals surface area contributed by atoms with E-state index in [-0.39, 0.29) is 20.7 Å². The zero-order valence-electron chi connectivity index (χ0n) is 19.9. The summed E-state index contributed by atoms with van der Waals surface area (Å²) in [7, 11) is -0.336. The molecule has 3 unspecified atom stereocenters. The summed E-state index contributed by atoms with van der Waals surface area (Å²) in [4.78, 5) is 9.82. The lowest BCUT2D eigenvalue weighted by molar-refractivity contribution is -0.140. The van der Waals surface area contributed by atoms with E-state index >= 15 is 0 Å². The van der Waals surface area contributed by atoms with Crippen molar-refractivity contribution in [2.45, 2.75) is 59.0 Å². The lowest BCUT2D eigenvalue weighted by atomic mass is 9.85. The van der Waals surface area contributed by atoms with Crippen LogP contribution in [0.15, 0.2) is 36.4 Å². The van der Waals surface area contributed by atoms with E-state index in [9.17, 15) is 9.18 Å². The number of carbonyl (C=O) groups excluding carboxylic acids is 1. The molecule has 1 N–H and O–H groups in total. The summed E-state index contributed by atoms with van der Waals surface area (Å²) < 4.78 is 29.2. The summed E-state index contributed by atoms with van der Waals surface area (Å²) in [5.41, 5.74) is 4.36. The van der Waals surface area contributed by atoms with E-state index in [1.807, 2.05) is 36.4 Å². The first-order chi connectivity index (χ1) is 16.4. The van der Waals surface area contributed by atoms with Gasteiger partial charge in [-0.2, -0.15) is 4.39 Å². The first-order valence-electron chi connectivity index (χ1n) is 11.3. The van der Waals surface area contributed by atoms with Crippen LogP contribution in [0.1, 0.15) is 64.0 Å². The van der Waals surface area contributed by atoms with Gasteiger partial charge < -0.3 is 19.3 Å². The molecule has 2 aliphatic rings. The fraction of sp³-hybridized carbons (Fsp3) is 0.440. The van der Waals surface area contributed by atoms with E-state index in [0.29, 0.717) is 29.0 Å². The number of nitrogens with one attached hydrogen (secondary N) is 1. The number of fused-ring (bicyclic) bond motifs is 1. The van der Waals surface area contributed by atoms with Crippen LogP contribution in [0.5, 0.6) is 11.5 Å². The molecule has 2 aromatic rings. The number of anilines is 1. The van der Waals surface area contributed by atoms with Gasteiger partial charge in [0, 0.05) is 29.1 Å². The highest BCUT2D eigenvalue weighted by atomic mass is 35.5. The molecule has 0 spiro atoms. The molecule has 0 aromatic heterocycles. The molecule has 0 radical (unpaired) electrons. The fourth-order valence-electron chi connectivity index (χ4n) is 3.52. The number of halogens is 2. The second-order valence-electron chi connectivity index (χ2n) is 7.77. The van der Waals surface area contributed by atoms with Crippen LogP contribution < -0.4 is 14.6 Å². The Hall–Kier alpha value is -1.95. The minimum Gasteiger partial charge on any atom is -0.466 e. The molecule has 1 aliphatic carbocycles. The third-order valence-electron chi connectivity index (χ3n) is 4.83. The Kier molecular flexibility index (Phi) is 12.0. The third kappa shape index (κ3) is 8.37. The molecule has 2 aromatic carbocycles. The average Bonchev–Trinajstić information content (AvgIpc) is 3.62. The number of thiocarbonyl (C=S) groups is 1. The van der Waals surface area contributed by atoms with E-state index in [1.165, 1.54) is 18.8 Å². The van der Waals surface area contributed by atoms with E-state index < -0.39 is 6.10 Å². The minimum absolute atomic E-state index is 0.0448. The number of hydrogen-bond donors (Lipinski definition) is 1. The molecule has 34 heavy (non-hydrogen) atoms. The normalized spacial score (nSPS) is 17.3. The molecule has 4 rings (SSSR count). The van der Waals surface area contributed by atoms with Crippen molar-refractivity contribution in [3.8, 4) is 11.5 Å². The Bertz CT molecular complexity index is 961. The summed E-state index contributed by atoms with van der Waals surface area (Å²) >= 11 is 11.2. The number of ether oxygens (including phenoxy) is 2. The molecule has 186 valence electrons. The third-order valence-corrected chi connectivity index (χ3v) is 5.83. The van der Waals surface area contributed by atoms with Crippen LogP contribution in [0.3, 0.4) is 0 Å². The zero-order valence-corrected chi connectivity index (χ0v) is 22.5. The van der Waals surface area contributed by atoms with Crippen LogP contribution in [0.2, 0.25) is 5.02 Å². The first-order valence-corrected chi connectivity index (χ1v) is 13.2. The SMILES string of the molecule is CCC.CCOC(C)=O.FC1Oc2c(cccc2C(c2cc(Cl)ccc2NC=S)C2CC2)OP1. The van der Waals surface area contributed by atoms with Crippen molar-refractivity contribution >= 4 is 49.8 Å². The van der Waals surface area contributed by atoms with Gasteiger partial charge in [-0.05, 0) is 55.5 Å². The molecule has 5 nitrogen and oxygen atoms in total. The molecule has 0 amide bonds. The highest BCUT2D eigenvalue weighted by molar-refractivity contribution is 7.79. The van der Waals surface area contributed by atoms with Crippen LogP contribution in [0.4, 0.5) is 10.1 Å². The molecule has 1 aliphatic heterocycles. The van der Waals surface area contributed by atoms with Gasteiger partial charge in [-0.25, -0.2) is 0 Å². The van der Waals surface area contributed by atoms with Crippen LogP contribution >= 0.6 is 32.6 Å². The fourth-order valence-corrected chi connectivity index (χ4v) is 4.37. The van der Waals surface area contributed by atoms with Crippen molar-refractivity contribution in [1.29, 1.82) is 0 Å². The Morgan fingerprint density at radius 3 is 2.56 bits per heavy atom. The number of para-hydroxylation sites is 1. The van der Waals surface area contributed by atoms with Crippen LogP contribution in [0, 0.1) is 5.92 Å². The van der Waals surface area contributed by atoms with Gasteiger partial charge in [0.1, 0.15) is 0 Å². The van der Waals surface area contributed by atoms with Crippen LogP contribution in [0.25, 0.3) is 0 Å². The van der Waals surface area contributed by atoms with Gasteiger partial charge in [0.15, 0.2) is 20.3 Å². The molecule has 1 heterocycles. The second kappa shape index (κ2) is 14.4. The van der Waals surface area contributed by atoms with Crippen molar-refractivity contribution < 1.29 is 23.2 Å². The summed E-state index contributed by atoms with van der Waals surface area (Å²) in [6.07, 6.45) is 2.05. The van der Waals surface area contributed by atoms with E-state index in [4.69, 9.17) is 33.1 Å². The zero-order chi connectivity index (χ0) is 25.1. The smallest absolute Gasteiger partial charge is 0.302 e. The molecular weight excluding hydrogens is 496 g/mol. The number of rotatable bonds is 6. The summed E-state index contributed by atoms with van der Waals surface area (Å²) in [6, 6.07) is 11.4. The largest absolute Gasteiger partial charge is 0.466 e. The Balaban J connectivity index is 0.000000391. The average molecular weight is 528 g/mol. The standard InChI is InChI=1S/C18H16ClFNO2PS.C4H8O2.C3H8/c19-11-6-7-14(21-9-25)13(8-11)16(10-4-5-10)12-2-1-3-15-17(12)22-18(20)24-23-15;1-3-6-4(2)5;1-3-2/h1-3,6-10,16,18,24H,4-5H2,(H,21,25);3H2,1-2H3;3H2,1-2H3. The van der Waals surface area contributed by atoms with E-state index in [0.717, 1.165) is 29.7 Å². The number of esters is 1. The second-order valence-corrected chi connectivity index (χ2v) is 9.33. The van der Waals surface area contributed by atoms with Crippen molar-refractivity contribution in [3.63, 3.8) is 0 Å². The highest BCUT2D eigenvalue weighted by Gasteiger charge is 2.38. The lowest BCUT2D eigenvalue weighted by Gasteiger charge is -2.28. The lowest BCUT2D eigenvalue weighted by Crippen LogP contribution is -2.15. The maximum atomic E-state index is 13.8. The summed E-state index contributed by atoms with van der Waals surface area (Å²) in [5, 5.41) is 3.77. The van der Waals surface area contributed by atoms with Crippen molar-refractivity contribution in [1.82, 2.24) is 0 Å². The van der Waals surface area contributed by atoms with Gasteiger partial charge in [0.2, 0.25) is 0 Å². The van der Waals surface area contributed by atoms with Crippen molar-refractivity contribution in [3.05, 3.63) is 52.5 Å². The quantitative estimate of drug-likeness (QED) is 0.234. The van der Waals surface area contributed by atoms with Gasteiger partial charge in [-0.3, -0.25) is 4.79 Å².